The molecule has 0 spiro atoms. The van der Waals surface area contributed by atoms with Crippen molar-refractivity contribution in [3.63, 3.8) is 0 Å². The zero-order valence-corrected chi connectivity index (χ0v) is 22.9. The van der Waals surface area contributed by atoms with Crippen molar-refractivity contribution in [3.8, 4) is 0 Å². The van der Waals surface area contributed by atoms with E-state index in [1.165, 1.54) is 27.1 Å². The number of nitrogens with one attached hydrogen (secondary N) is 1. The van der Waals surface area contributed by atoms with Crippen molar-refractivity contribution >= 4 is 36.4 Å². The zero-order valence-electron chi connectivity index (χ0n) is 22.0. The first-order valence-electron chi connectivity index (χ1n) is 11.6. The van der Waals surface area contributed by atoms with E-state index in [-0.39, 0.29) is 18.0 Å². The molecule has 0 radical (unpaired) electrons. The van der Waals surface area contributed by atoms with Crippen molar-refractivity contribution in [2.24, 2.45) is 0 Å². The Labute approximate surface area is 210 Å². The van der Waals surface area contributed by atoms with Crippen LogP contribution in [0.3, 0.4) is 0 Å². The van der Waals surface area contributed by atoms with Gasteiger partial charge in [-0.2, -0.15) is 0 Å². The van der Waals surface area contributed by atoms with E-state index >= 15 is 0 Å². The van der Waals surface area contributed by atoms with Gasteiger partial charge in [0, 0.05) is 0 Å². The van der Waals surface area contributed by atoms with Gasteiger partial charge in [0.1, 0.15) is 23.7 Å². The van der Waals surface area contributed by atoms with Gasteiger partial charge in [0.25, 0.3) is 7.52 Å². The van der Waals surface area contributed by atoms with Gasteiger partial charge in [-0.3, -0.25) is 9.36 Å². The van der Waals surface area contributed by atoms with Crippen LogP contribution in [0.1, 0.15) is 55.4 Å². The highest BCUT2D eigenvalue weighted by atomic mass is 31.2. The van der Waals surface area contributed by atoms with Crippen LogP contribution < -0.4 is 10.8 Å². The molecule has 3 unspecified atom stereocenters. The lowest BCUT2D eigenvalue weighted by molar-refractivity contribution is -0.155. The number of imidazole rings is 1. The highest BCUT2D eigenvalue weighted by Gasteiger charge is 2.41. The van der Waals surface area contributed by atoms with Crippen LogP contribution in [-0.2, 0) is 39.4 Å². The number of carbonyl (C=O) groups is 2. The summed E-state index contributed by atoms with van der Waals surface area (Å²) < 4.78 is 37.5. The summed E-state index contributed by atoms with van der Waals surface area (Å²) in [5.74, 6) is -1.06. The molecule has 14 heteroatoms. The average Bonchev–Trinajstić information content (AvgIpc) is 3.15. The number of fused-ring (bicyclic) bond motifs is 1. The predicted molar refractivity (Wildman–Crippen MR) is 133 cm³/mol. The van der Waals surface area contributed by atoms with Gasteiger partial charge < -0.3 is 29.0 Å². The standard InChI is InChI=1S/C22H37N6O7P/c1-13(2)33-20(29)16(6)35-36(31,27-22(7,8)21(30)34-14(3)4)12-32-15(5)9-28-11-26-17-18(23)24-10-25-19(17)28/h10-11,13-16H,9,12H2,1-8H3,(H,27,31)(H2,23,24,25). The monoisotopic (exact) mass is 528 g/mol. The molecule has 0 aliphatic rings. The maximum Gasteiger partial charge on any atom is 0.335 e. The molecule has 0 bridgehead atoms. The van der Waals surface area contributed by atoms with Crippen molar-refractivity contribution in [3.05, 3.63) is 12.7 Å². The van der Waals surface area contributed by atoms with E-state index in [9.17, 15) is 14.2 Å². The van der Waals surface area contributed by atoms with Crippen molar-refractivity contribution < 1.29 is 32.9 Å². The molecule has 0 aliphatic heterocycles. The molecule has 36 heavy (non-hydrogen) atoms. The number of hydrogen-bond donors (Lipinski definition) is 2. The molecule has 202 valence electrons. The van der Waals surface area contributed by atoms with E-state index in [0.29, 0.717) is 17.7 Å². The van der Waals surface area contributed by atoms with Gasteiger partial charge in [0.2, 0.25) is 0 Å². The molecule has 3 N–H and O–H groups in total. The third kappa shape index (κ3) is 8.22. The summed E-state index contributed by atoms with van der Waals surface area (Å²) in [6.45, 7) is 13.3. The molecule has 0 saturated heterocycles. The van der Waals surface area contributed by atoms with Crippen molar-refractivity contribution in [2.45, 2.75) is 91.9 Å². The Morgan fingerprint density at radius 3 is 2.33 bits per heavy atom. The van der Waals surface area contributed by atoms with Crippen molar-refractivity contribution in [1.82, 2.24) is 24.6 Å². The minimum Gasteiger partial charge on any atom is -0.462 e. The largest absolute Gasteiger partial charge is 0.462 e. The second-order valence-electron chi connectivity index (χ2n) is 9.53. The molecule has 0 fully saturated rings. The van der Waals surface area contributed by atoms with Crippen LogP contribution in [-0.4, -0.2) is 67.8 Å². The molecule has 2 aromatic heterocycles. The fraction of sp³-hybridized carbons (Fsp3) is 0.682. The van der Waals surface area contributed by atoms with Crippen LogP contribution in [0.25, 0.3) is 11.2 Å². The molecule has 2 heterocycles. The summed E-state index contributed by atoms with van der Waals surface area (Å²) in [5.41, 5.74) is 5.42. The van der Waals surface area contributed by atoms with Crippen LogP contribution in [0, 0.1) is 0 Å². The number of nitrogens with two attached hydrogens (primary N) is 1. The van der Waals surface area contributed by atoms with Gasteiger partial charge in [0.15, 0.2) is 17.6 Å². The summed E-state index contributed by atoms with van der Waals surface area (Å²) in [4.78, 5) is 37.2. The SMILES string of the molecule is CC(C)OC(=O)C(C)OP(=O)(COC(C)Cn1cnc2c(N)ncnc21)NC(C)(C)C(=O)OC(C)C. The highest BCUT2D eigenvalue weighted by Crippen LogP contribution is 2.46. The molecular weight excluding hydrogens is 491 g/mol. The first-order valence-corrected chi connectivity index (χ1v) is 13.5. The van der Waals surface area contributed by atoms with Gasteiger partial charge in [0.05, 0.1) is 31.2 Å². The lowest BCUT2D eigenvalue weighted by Crippen LogP contribution is -2.48. The quantitative estimate of drug-likeness (QED) is 0.288. The number of esters is 2. The molecule has 2 rings (SSSR count). The van der Waals surface area contributed by atoms with Crippen LogP contribution in [0.4, 0.5) is 5.82 Å². The summed E-state index contributed by atoms with van der Waals surface area (Å²) in [7, 11) is -3.94. The molecule has 0 amide bonds. The van der Waals surface area contributed by atoms with E-state index in [4.69, 9.17) is 24.5 Å². The Balaban J connectivity index is 2.18. The Morgan fingerprint density at radius 1 is 1.08 bits per heavy atom. The fourth-order valence-corrected chi connectivity index (χ4v) is 5.30. The molecule has 0 saturated carbocycles. The zero-order chi connectivity index (χ0) is 27.3. The molecule has 3 atom stereocenters. The van der Waals surface area contributed by atoms with Gasteiger partial charge in [-0.25, -0.2) is 24.8 Å². The van der Waals surface area contributed by atoms with Gasteiger partial charge in [-0.15, -0.1) is 0 Å². The summed E-state index contributed by atoms with van der Waals surface area (Å²) in [6, 6.07) is 0. The topological polar surface area (TPSA) is 170 Å². The number of rotatable bonds is 13. The van der Waals surface area contributed by atoms with Gasteiger partial charge >= 0.3 is 11.9 Å². The van der Waals surface area contributed by atoms with Crippen LogP contribution in [0.5, 0.6) is 0 Å². The molecule has 0 aromatic carbocycles. The van der Waals surface area contributed by atoms with Crippen LogP contribution >= 0.6 is 7.52 Å². The van der Waals surface area contributed by atoms with Gasteiger partial charge in [-0.1, -0.05) is 0 Å². The normalized spacial score (nSPS) is 15.6. The van der Waals surface area contributed by atoms with E-state index < -0.39 is 43.6 Å². The third-order valence-electron chi connectivity index (χ3n) is 4.73. The van der Waals surface area contributed by atoms with Crippen LogP contribution in [0.15, 0.2) is 12.7 Å². The molecule has 0 aliphatic carbocycles. The fourth-order valence-electron chi connectivity index (χ4n) is 3.14. The van der Waals surface area contributed by atoms with Crippen molar-refractivity contribution in [2.75, 3.05) is 12.1 Å². The number of anilines is 1. The second-order valence-corrected chi connectivity index (χ2v) is 11.6. The Kier molecular flexibility index (Phi) is 9.95. The summed E-state index contributed by atoms with van der Waals surface area (Å²) in [5, 5.41) is 2.74. The molecule has 2 aromatic rings. The van der Waals surface area contributed by atoms with E-state index in [1.54, 1.807) is 45.5 Å². The maximum atomic E-state index is 13.9. The average molecular weight is 529 g/mol. The highest BCUT2D eigenvalue weighted by molar-refractivity contribution is 7.56. The Morgan fingerprint density at radius 2 is 1.72 bits per heavy atom. The predicted octanol–water partition coefficient (Wildman–Crippen LogP) is 2.64. The maximum absolute atomic E-state index is 13.9. The third-order valence-corrected chi connectivity index (χ3v) is 6.77. The second kappa shape index (κ2) is 12.1. The van der Waals surface area contributed by atoms with Gasteiger partial charge in [-0.05, 0) is 55.4 Å². The summed E-state index contributed by atoms with van der Waals surface area (Å²) in [6.07, 6.45) is 0.0304. The van der Waals surface area contributed by atoms with E-state index in [1.807, 2.05) is 0 Å². The summed E-state index contributed by atoms with van der Waals surface area (Å²) >= 11 is 0. The number of carbonyl (C=O) groups excluding carboxylic acids is 2. The van der Waals surface area contributed by atoms with E-state index in [2.05, 4.69) is 20.0 Å². The minimum absolute atomic E-state index is 0.257. The van der Waals surface area contributed by atoms with E-state index in [0.717, 1.165) is 0 Å². The first-order chi connectivity index (χ1) is 16.6. The van der Waals surface area contributed by atoms with Crippen molar-refractivity contribution in [1.29, 1.82) is 0 Å². The number of nitrogens with zero attached hydrogens (tertiary/aromatic N) is 4. The first kappa shape index (κ1) is 29.6. The number of hydrogen-bond acceptors (Lipinski definition) is 11. The van der Waals surface area contributed by atoms with Crippen LogP contribution in [0.2, 0.25) is 0 Å². The minimum atomic E-state index is -3.94. The lowest BCUT2D eigenvalue weighted by atomic mass is 10.1. The smallest absolute Gasteiger partial charge is 0.335 e. The number of aromatic nitrogens is 4. The molecule has 13 nitrogen and oxygen atoms in total. The number of ether oxygens (including phenoxy) is 3. The molecular formula is C22H37N6O7P. The number of nitrogen functional groups attached to an aromatic ring is 1. The Bertz CT molecular complexity index is 1100. The Hall–Kier alpha value is -2.60. The lowest BCUT2D eigenvalue weighted by Gasteiger charge is -2.32.